The first-order chi connectivity index (χ1) is 10.4. The van der Waals surface area contributed by atoms with Crippen molar-refractivity contribution in [2.75, 3.05) is 19.3 Å². The molecular formula is C15H23N3O3S. The van der Waals surface area contributed by atoms with Gasteiger partial charge in [0.1, 0.15) is 11.7 Å². The first-order valence-electron chi connectivity index (χ1n) is 7.39. The molecule has 0 atom stereocenters. The molecule has 1 aliphatic heterocycles. The first-order valence-corrected chi connectivity index (χ1v) is 8.61. The molecule has 0 aliphatic carbocycles. The zero-order chi connectivity index (χ0) is 16.2. The number of thioether (sulfide) groups is 1. The van der Waals surface area contributed by atoms with Crippen LogP contribution in [0.3, 0.4) is 0 Å². The van der Waals surface area contributed by atoms with E-state index in [-0.39, 0.29) is 12.2 Å². The number of aromatic nitrogens is 2. The maximum atomic E-state index is 12.0. The second-order valence-corrected chi connectivity index (χ2v) is 6.94. The lowest BCUT2D eigenvalue weighted by Gasteiger charge is -2.33. The second kappa shape index (κ2) is 7.17. The second-order valence-electron chi connectivity index (χ2n) is 6.17. The van der Waals surface area contributed by atoms with Crippen molar-refractivity contribution >= 4 is 17.9 Å². The van der Waals surface area contributed by atoms with Crippen LogP contribution in [-0.4, -0.2) is 52.0 Å². The molecule has 1 saturated heterocycles. The van der Waals surface area contributed by atoms with Crippen LogP contribution in [0, 0.1) is 0 Å². The Morgan fingerprint density at radius 3 is 2.64 bits per heavy atom. The lowest BCUT2D eigenvalue weighted by Crippen LogP contribution is -2.44. The normalized spacial score (nSPS) is 16.5. The zero-order valence-electron chi connectivity index (χ0n) is 13.5. The molecule has 0 saturated carbocycles. The molecule has 22 heavy (non-hydrogen) atoms. The van der Waals surface area contributed by atoms with Crippen molar-refractivity contribution in [2.24, 2.45) is 0 Å². The molecule has 1 aliphatic rings. The van der Waals surface area contributed by atoms with Gasteiger partial charge in [-0.05, 0) is 27.0 Å². The monoisotopic (exact) mass is 325 g/mol. The van der Waals surface area contributed by atoms with Crippen molar-refractivity contribution in [3.8, 4) is 5.88 Å². The molecule has 7 heteroatoms. The fourth-order valence-corrected chi connectivity index (χ4v) is 2.49. The van der Waals surface area contributed by atoms with E-state index in [2.05, 4.69) is 9.97 Å². The topological polar surface area (TPSA) is 64.5 Å². The molecule has 0 unspecified atom stereocenters. The van der Waals surface area contributed by atoms with Crippen molar-refractivity contribution in [1.82, 2.24) is 14.9 Å². The molecule has 0 spiro atoms. The highest BCUT2D eigenvalue weighted by Gasteiger charge is 2.27. The number of carbonyl (C=O) groups is 1. The summed E-state index contributed by atoms with van der Waals surface area (Å²) in [6.45, 7) is 6.90. The summed E-state index contributed by atoms with van der Waals surface area (Å²) < 4.78 is 11.3. The van der Waals surface area contributed by atoms with E-state index in [1.807, 2.05) is 27.0 Å². The number of nitrogens with zero attached hydrogens (tertiary/aromatic N) is 3. The standard InChI is InChI=1S/C15H23N3O3S/c1-15(2,3)21-14(19)18-9-6-11(7-10-18)20-12-5-8-16-13(17-12)22-4/h5,8,11H,6-7,9-10H2,1-4H3. The molecule has 0 N–H and O–H groups in total. The van der Waals surface area contributed by atoms with Gasteiger partial charge in [-0.3, -0.25) is 0 Å². The molecule has 1 aromatic heterocycles. The summed E-state index contributed by atoms with van der Waals surface area (Å²) in [5, 5.41) is 0.698. The van der Waals surface area contributed by atoms with E-state index in [1.54, 1.807) is 17.2 Å². The molecule has 1 fully saturated rings. The molecule has 0 radical (unpaired) electrons. The Bertz CT molecular complexity index is 511. The van der Waals surface area contributed by atoms with E-state index in [4.69, 9.17) is 9.47 Å². The average molecular weight is 325 g/mol. The largest absolute Gasteiger partial charge is 0.474 e. The minimum atomic E-state index is -0.459. The number of carbonyl (C=O) groups excluding carboxylic acids is 1. The van der Waals surface area contributed by atoms with Crippen LogP contribution < -0.4 is 4.74 Å². The Balaban J connectivity index is 1.83. The molecule has 1 aromatic rings. The van der Waals surface area contributed by atoms with Crippen LogP contribution in [0.25, 0.3) is 0 Å². The van der Waals surface area contributed by atoms with Gasteiger partial charge in [0.15, 0.2) is 5.16 Å². The molecule has 2 heterocycles. The maximum Gasteiger partial charge on any atom is 0.410 e. The van der Waals surface area contributed by atoms with E-state index in [0.29, 0.717) is 24.1 Å². The number of hydrogen-bond acceptors (Lipinski definition) is 6. The van der Waals surface area contributed by atoms with Gasteiger partial charge < -0.3 is 14.4 Å². The van der Waals surface area contributed by atoms with Crippen molar-refractivity contribution in [3.05, 3.63) is 12.3 Å². The van der Waals surface area contributed by atoms with Gasteiger partial charge >= 0.3 is 6.09 Å². The highest BCUT2D eigenvalue weighted by molar-refractivity contribution is 7.98. The van der Waals surface area contributed by atoms with E-state index in [9.17, 15) is 4.79 Å². The number of likely N-dealkylation sites (tertiary alicyclic amines) is 1. The van der Waals surface area contributed by atoms with Crippen LogP contribution in [0.2, 0.25) is 0 Å². The van der Waals surface area contributed by atoms with Gasteiger partial charge in [0.25, 0.3) is 0 Å². The fraction of sp³-hybridized carbons (Fsp3) is 0.667. The maximum absolute atomic E-state index is 12.0. The molecule has 0 bridgehead atoms. The van der Waals surface area contributed by atoms with Crippen molar-refractivity contribution in [1.29, 1.82) is 0 Å². The number of ether oxygens (including phenoxy) is 2. The predicted octanol–water partition coefficient (Wildman–Crippen LogP) is 2.98. The van der Waals surface area contributed by atoms with Gasteiger partial charge in [-0.1, -0.05) is 11.8 Å². The van der Waals surface area contributed by atoms with Crippen molar-refractivity contribution in [2.45, 2.75) is 50.5 Å². The minimum absolute atomic E-state index is 0.0725. The van der Waals surface area contributed by atoms with Crippen molar-refractivity contribution in [3.63, 3.8) is 0 Å². The molecule has 1 amide bonds. The van der Waals surface area contributed by atoms with Gasteiger partial charge in [-0.2, -0.15) is 4.98 Å². The molecule has 6 nitrogen and oxygen atoms in total. The average Bonchev–Trinajstić information content (AvgIpc) is 2.46. The van der Waals surface area contributed by atoms with E-state index >= 15 is 0 Å². The SMILES string of the molecule is CSc1nccc(OC2CCN(C(=O)OC(C)(C)C)CC2)n1. The van der Waals surface area contributed by atoms with Gasteiger partial charge in [0, 0.05) is 38.2 Å². The first kappa shape index (κ1) is 16.9. The fourth-order valence-electron chi connectivity index (χ4n) is 2.14. The van der Waals surface area contributed by atoms with Crippen LogP contribution in [0.15, 0.2) is 17.4 Å². The Labute approximate surface area is 135 Å². The summed E-state index contributed by atoms with van der Waals surface area (Å²) in [4.78, 5) is 22.2. The Morgan fingerprint density at radius 2 is 2.05 bits per heavy atom. The van der Waals surface area contributed by atoms with Gasteiger partial charge in [0.2, 0.25) is 5.88 Å². The third-order valence-corrected chi connectivity index (χ3v) is 3.73. The molecular weight excluding hydrogens is 302 g/mol. The summed E-state index contributed by atoms with van der Waals surface area (Å²) in [6.07, 6.45) is 5.00. The van der Waals surface area contributed by atoms with Crippen LogP contribution in [0.4, 0.5) is 4.79 Å². The van der Waals surface area contributed by atoms with Gasteiger partial charge in [-0.25, -0.2) is 9.78 Å². The highest BCUT2D eigenvalue weighted by Crippen LogP contribution is 2.20. The van der Waals surface area contributed by atoms with E-state index in [1.165, 1.54) is 11.8 Å². The summed E-state index contributed by atoms with van der Waals surface area (Å²) in [6, 6.07) is 1.76. The van der Waals surface area contributed by atoms with E-state index < -0.39 is 5.60 Å². The zero-order valence-corrected chi connectivity index (χ0v) is 14.4. The van der Waals surface area contributed by atoms with Crippen LogP contribution in [0.1, 0.15) is 33.6 Å². The molecule has 122 valence electrons. The highest BCUT2D eigenvalue weighted by atomic mass is 32.2. The predicted molar refractivity (Wildman–Crippen MR) is 85.3 cm³/mol. The molecule has 2 rings (SSSR count). The Morgan fingerprint density at radius 1 is 1.36 bits per heavy atom. The summed E-state index contributed by atoms with van der Waals surface area (Å²) >= 11 is 1.48. The van der Waals surface area contributed by atoms with Crippen LogP contribution >= 0.6 is 11.8 Å². The third kappa shape index (κ3) is 5.05. The van der Waals surface area contributed by atoms with Gasteiger partial charge in [-0.15, -0.1) is 0 Å². The number of rotatable bonds is 3. The lowest BCUT2D eigenvalue weighted by atomic mass is 10.1. The quantitative estimate of drug-likeness (QED) is 0.629. The van der Waals surface area contributed by atoms with Crippen molar-refractivity contribution < 1.29 is 14.3 Å². The molecule has 0 aromatic carbocycles. The van der Waals surface area contributed by atoms with Crippen LogP contribution in [-0.2, 0) is 4.74 Å². The lowest BCUT2D eigenvalue weighted by molar-refractivity contribution is 0.0122. The Hall–Kier alpha value is -1.50. The Kier molecular flexibility index (Phi) is 5.50. The number of piperidine rings is 1. The number of amides is 1. The third-order valence-electron chi connectivity index (χ3n) is 3.17. The van der Waals surface area contributed by atoms with E-state index in [0.717, 1.165) is 12.8 Å². The van der Waals surface area contributed by atoms with Crippen LogP contribution in [0.5, 0.6) is 5.88 Å². The summed E-state index contributed by atoms with van der Waals surface area (Å²) in [7, 11) is 0. The smallest absolute Gasteiger partial charge is 0.410 e. The summed E-state index contributed by atoms with van der Waals surface area (Å²) in [5.74, 6) is 0.593. The minimum Gasteiger partial charge on any atom is -0.474 e. The van der Waals surface area contributed by atoms with Gasteiger partial charge in [0.05, 0.1) is 0 Å². The summed E-state index contributed by atoms with van der Waals surface area (Å²) in [5.41, 5.74) is -0.459. The number of hydrogen-bond donors (Lipinski definition) is 0.